The lowest BCUT2D eigenvalue weighted by Gasteiger charge is -2.35. The van der Waals surface area contributed by atoms with Crippen LogP contribution in [0, 0.1) is 25.2 Å². The highest BCUT2D eigenvalue weighted by Crippen LogP contribution is 2.19. The molecular weight excluding hydrogens is 300 g/mol. The quantitative estimate of drug-likeness (QED) is 0.853. The summed E-state index contributed by atoms with van der Waals surface area (Å²) in [6.45, 7) is 6.64. The van der Waals surface area contributed by atoms with Crippen LogP contribution >= 0.6 is 0 Å². The molecule has 0 N–H and O–H groups in total. The van der Waals surface area contributed by atoms with Crippen molar-refractivity contribution in [3.8, 4) is 6.07 Å². The largest absolute Gasteiger partial charge is 0.352 e. The van der Waals surface area contributed by atoms with Crippen LogP contribution in [0.4, 0.5) is 5.82 Å². The Morgan fingerprint density at radius 2 is 1.79 bits per heavy atom. The Labute approximate surface area is 142 Å². The molecular formula is C19H20N4O. The van der Waals surface area contributed by atoms with E-state index >= 15 is 0 Å². The second-order valence-corrected chi connectivity index (χ2v) is 6.14. The van der Waals surface area contributed by atoms with Crippen LogP contribution in [0.1, 0.15) is 27.0 Å². The molecule has 1 aliphatic heterocycles. The number of nitrogens with zero attached hydrogens (tertiary/aromatic N) is 4. The van der Waals surface area contributed by atoms with Crippen molar-refractivity contribution in [1.82, 2.24) is 9.88 Å². The van der Waals surface area contributed by atoms with Gasteiger partial charge < -0.3 is 9.80 Å². The summed E-state index contributed by atoms with van der Waals surface area (Å²) in [5, 5.41) is 9.21. The summed E-state index contributed by atoms with van der Waals surface area (Å²) in [5.41, 5.74) is 3.52. The number of pyridine rings is 1. The molecule has 0 saturated carbocycles. The summed E-state index contributed by atoms with van der Waals surface area (Å²) in [6.07, 6.45) is 1.70. The van der Waals surface area contributed by atoms with Gasteiger partial charge in [-0.15, -0.1) is 0 Å². The minimum absolute atomic E-state index is 0.0722. The molecule has 0 aliphatic carbocycles. The normalized spacial score (nSPS) is 14.4. The van der Waals surface area contributed by atoms with E-state index in [1.807, 2.05) is 30.9 Å². The molecule has 1 aromatic heterocycles. The highest BCUT2D eigenvalue weighted by Gasteiger charge is 2.24. The van der Waals surface area contributed by atoms with E-state index in [1.54, 1.807) is 18.3 Å². The van der Waals surface area contributed by atoms with Gasteiger partial charge in [0.25, 0.3) is 5.91 Å². The van der Waals surface area contributed by atoms with Crippen LogP contribution in [0.15, 0.2) is 36.5 Å². The number of aryl methyl sites for hydroxylation is 2. The molecule has 0 unspecified atom stereocenters. The molecule has 1 amide bonds. The number of aromatic nitrogens is 1. The summed E-state index contributed by atoms with van der Waals surface area (Å²) < 4.78 is 0. The first kappa shape index (κ1) is 16.0. The van der Waals surface area contributed by atoms with E-state index in [1.165, 1.54) is 0 Å². The Hall–Kier alpha value is -2.87. The fraction of sp³-hybridized carbons (Fsp3) is 0.316. The Bertz CT molecular complexity index is 781. The molecule has 0 radical (unpaired) electrons. The summed E-state index contributed by atoms with van der Waals surface area (Å²) in [5.74, 6) is 0.779. The number of benzene rings is 1. The Balaban J connectivity index is 1.71. The first-order valence-corrected chi connectivity index (χ1v) is 8.06. The van der Waals surface area contributed by atoms with Crippen molar-refractivity contribution in [3.63, 3.8) is 0 Å². The number of hydrogen-bond acceptors (Lipinski definition) is 4. The summed E-state index contributed by atoms with van der Waals surface area (Å²) in [7, 11) is 0. The molecule has 2 heterocycles. The van der Waals surface area contributed by atoms with Gasteiger partial charge in [0.05, 0.1) is 5.56 Å². The Kier molecular flexibility index (Phi) is 4.48. The van der Waals surface area contributed by atoms with Crippen molar-refractivity contribution in [3.05, 3.63) is 58.8 Å². The lowest BCUT2D eigenvalue weighted by atomic mass is 10.1. The number of piperazine rings is 1. The minimum atomic E-state index is 0.0722. The lowest BCUT2D eigenvalue weighted by molar-refractivity contribution is 0.0746. The summed E-state index contributed by atoms with van der Waals surface area (Å²) in [6, 6.07) is 11.7. The monoisotopic (exact) mass is 320 g/mol. The lowest BCUT2D eigenvalue weighted by Crippen LogP contribution is -2.49. The number of nitriles is 1. The van der Waals surface area contributed by atoms with Gasteiger partial charge in [-0.05, 0) is 38.1 Å². The van der Waals surface area contributed by atoms with E-state index in [9.17, 15) is 10.1 Å². The predicted molar refractivity (Wildman–Crippen MR) is 93.0 cm³/mol. The third-order valence-electron chi connectivity index (χ3n) is 4.24. The van der Waals surface area contributed by atoms with Crippen molar-refractivity contribution in [2.45, 2.75) is 13.8 Å². The molecule has 2 aromatic rings. The smallest absolute Gasteiger partial charge is 0.253 e. The van der Waals surface area contributed by atoms with Gasteiger partial charge in [0, 0.05) is 37.9 Å². The predicted octanol–water partition coefficient (Wildman–Crippen LogP) is 2.53. The van der Waals surface area contributed by atoms with E-state index in [2.05, 4.69) is 22.0 Å². The minimum Gasteiger partial charge on any atom is -0.352 e. The van der Waals surface area contributed by atoms with E-state index < -0.39 is 0 Å². The molecule has 5 nitrogen and oxygen atoms in total. The molecule has 1 fully saturated rings. The first-order valence-electron chi connectivity index (χ1n) is 8.06. The molecule has 1 aliphatic rings. The maximum Gasteiger partial charge on any atom is 0.253 e. The average Bonchev–Trinajstić information content (AvgIpc) is 2.60. The van der Waals surface area contributed by atoms with Crippen LogP contribution in [-0.2, 0) is 0 Å². The number of carbonyl (C=O) groups excluding carboxylic acids is 1. The standard InChI is InChI=1S/C19H20N4O/c1-14-10-15(2)12-17(11-14)19(24)23-8-6-22(7-9-23)18-16(13-20)4-3-5-21-18/h3-5,10-12H,6-9H2,1-2H3. The zero-order valence-electron chi connectivity index (χ0n) is 14.0. The number of hydrogen-bond donors (Lipinski definition) is 0. The van der Waals surface area contributed by atoms with Crippen molar-refractivity contribution in [2.24, 2.45) is 0 Å². The van der Waals surface area contributed by atoms with Gasteiger partial charge >= 0.3 is 0 Å². The highest BCUT2D eigenvalue weighted by atomic mass is 16.2. The molecule has 0 bridgehead atoms. The average molecular weight is 320 g/mol. The molecule has 3 rings (SSSR count). The van der Waals surface area contributed by atoms with Gasteiger partial charge in [-0.2, -0.15) is 5.26 Å². The summed E-state index contributed by atoms with van der Waals surface area (Å²) in [4.78, 5) is 21.0. The first-order chi connectivity index (χ1) is 11.6. The van der Waals surface area contributed by atoms with Gasteiger partial charge in [-0.3, -0.25) is 4.79 Å². The van der Waals surface area contributed by atoms with Crippen LogP contribution in [0.2, 0.25) is 0 Å². The molecule has 0 spiro atoms. The molecule has 122 valence electrons. The van der Waals surface area contributed by atoms with Gasteiger partial charge in [-0.25, -0.2) is 4.98 Å². The van der Waals surface area contributed by atoms with Crippen LogP contribution < -0.4 is 4.90 Å². The second-order valence-electron chi connectivity index (χ2n) is 6.14. The van der Waals surface area contributed by atoms with E-state index in [-0.39, 0.29) is 5.91 Å². The van der Waals surface area contributed by atoms with Crippen LogP contribution in [0.3, 0.4) is 0 Å². The van der Waals surface area contributed by atoms with Crippen LogP contribution in [0.5, 0.6) is 0 Å². The maximum absolute atomic E-state index is 12.7. The topological polar surface area (TPSA) is 60.2 Å². The number of anilines is 1. The molecule has 5 heteroatoms. The van der Waals surface area contributed by atoms with E-state index in [4.69, 9.17) is 0 Å². The van der Waals surface area contributed by atoms with Crippen molar-refractivity contribution in [1.29, 1.82) is 5.26 Å². The maximum atomic E-state index is 12.7. The molecule has 0 atom stereocenters. The second kappa shape index (κ2) is 6.71. The van der Waals surface area contributed by atoms with E-state index in [0.717, 1.165) is 16.7 Å². The zero-order chi connectivity index (χ0) is 17.1. The van der Waals surface area contributed by atoms with Gasteiger partial charge in [0.1, 0.15) is 11.9 Å². The van der Waals surface area contributed by atoms with Crippen LogP contribution in [-0.4, -0.2) is 42.0 Å². The molecule has 1 aromatic carbocycles. The zero-order valence-corrected chi connectivity index (χ0v) is 14.0. The van der Waals surface area contributed by atoms with Gasteiger partial charge in [0.15, 0.2) is 0 Å². The van der Waals surface area contributed by atoms with Crippen molar-refractivity contribution in [2.75, 3.05) is 31.1 Å². The fourth-order valence-corrected chi connectivity index (χ4v) is 3.14. The number of carbonyl (C=O) groups is 1. The third kappa shape index (κ3) is 3.23. The molecule has 24 heavy (non-hydrogen) atoms. The summed E-state index contributed by atoms with van der Waals surface area (Å²) >= 11 is 0. The van der Waals surface area contributed by atoms with Crippen molar-refractivity contribution >= 4 is 11.7 Å². The number of rotatable bonds is 2. The molecule has 1 saturated heterocycles. The Morgan fingerprint density at radius 3 is 2.42 bits per heavy atom. The Morgan fingerprint density at radius 1 is 1.12 bits per heavy atom. The highest BCUT2D eigenvalue weighted by molar-refractivity contribution is 5.94. The van der Waals surface area contributed by atoms with Gasteiger partial charge in [0.2, 0.25) is 0 Å². The van der Waals surface area contributed by atoms with E-state index in [0.29, 0.717) is 37.6 Å². The fourth-order valence-electron chi connectivity index (χ4n) is 3.14. The van der Waals surface area contributed by atoms with Gasteiger partial charge in [-0.1, -0.05) is 17.2 Å². The van der Waals surface area contributed by atoms with Crippen molar-refractivity contribution < 1.29 is 4.79 Å². The third-order valence-corrected chi connectivity index (χ3v) is 4.24. The van der Waals surface area contributed by atoms with Crippen LogP contribution in [0.25, 0.3) is 0 Å². The SMILES string of the molecule is Cc1cc(C)cc(C(=O)N2CCN(c3ncccc3C#N)CC2)c1. The number of amides is 1.